The van der Waals surface area contributed by atoms with Gasteiger partial charge in [0.1, 0.15) is 0 Å². The summed E-state index contributed by atoms with van der Waals surface area (Å²) in [6, 6.07) is 18.6. The zero-order chi connectivity index (χ0) is 21.7. The summed E-state index contributed by atoms with van der Waals surface area (Å²) in [7, 11) is 0. The SMILES string of the molecule is CC(C)(CC(Cc1ccc(-c2ccccc2)cc1)NC(=O)c1cc(O)no1)C(=O)O. The van der Waals surface area contributed by atoms with Crippen LogP contribution in [0.1, 0.15) is 36.4 Å². The van der Waals surface area contributed by atoms with Gasteiger partial charge in [0.05, 0.1) is 11.5 Å². The summed E-state index contributed by atoms with van der Waals surface area (Å²) in [6.07, 6.45) is 0.659. The lowest BCUT2D eigenvalue weighted by atomic mass is 9.83. The molecule has 0 aliphatic carbocycles. The number of aromatic hydroxyl groups is 1. The molecular formula is C23H24N2O5. The van der Waals surface area contributed by atoms with Crippen LogP contribution in [0.2, 0.25) is 0 Å². The molecule has 0 aliphatic rings. The number of aromatic nitrogens is 1. The van der Waals surface area contributed by atoms with Crippen LogP contribution < -0.4 is 5.32 Å². The Morgan fingerprint density at radius 1 is 1.07 bits per heavy atom. The van der Waals surface area contributed by atoms with Gasteiger partial charge in [0.25, 0.3) is 11.8 Å². The van der Waals surface area contributed by atoms with Crippen molar-refractivity contribution in [1.82, 2.24) is 10.5 Å². The molecule has 0 saturated carbocycles. The lowest BCUT2D eigenvalue weighted by molar-refractivity contribution is -0.147. The topological polar surface area (TPSA) is 113 Å². The summed E-state index contributed by atoms with van der Waals surface area (Å²) in [5.41, 5.74) is 2.10. The predicted molar refractivity (Wildman–Crippen MR) is 111 cm³/mol. The Hall–Kier alpha value is -3.61. The van der Waals surface area contributed by atoms with Crippen LogP contribution in [0.25, 0.3) is 11.1 Å². The van der Waals surface area contributed by atoms with Crippen molar-refractivity contribution in [3.63, 3.8) is 0 Å². The smallest absolute Gasteiger partial charge is 0.309 e. The molecule has 3 aromatic rings. The van der Waals surface area contributed by atoms with Crippen LogP contribution in [0.4, 0.5) is 0 Å². The minimum atomic E-state index is -1.04. The number of nitrogens with one attached hydrogen (secondary N) is 1. The van der Waals surface area contributed by atoms with Crippen molar-refractivity contribution in [1.29, 1.82) is 0 Å². The first kappa shape index (κ1) is 21.1. The van der Waals surface area contributed by atoms with Crippen LogP contribution in [0.15, 0.2) is 65.2 Å². The third-order valence-corrected chi connectivity index (χ3v) is 4.94. The largest absolute Gasteiger partial charge is 0.491 e. The Balaban J connectivity index is 1.77. The van der Waals surface area contributed by atoms with E-state index in [1.165, 1.54) is 0 Å². The molecule has 0 radical (unpaired) electrons. The van der Waals surface area contributed by atoms with E-state index in [1.54, 1.807) is 13.8 Å². The molecule has 1 heterocycles. The van der Waals surface area contributed by atoms with Crippen LogP contribution >= 0.6 is 0 Å². The van der Waals surface area contributed by atoms with E-state index in [4.69, 9.17) is 4.52 Å². The van der Waals surface area contributed by atoms with E-state index in [1.807, 2.05) is 54.6 Å². The van der Waals surface area contributed by atoms with Gasteiger partial charge in [-0.25, -0.2) is 0 Å². The zero-order valence-corrected chi connectivity index (χ0v) is 16.8. The molecule has 156 valence electrons. The second-order valence-corrected chi connectivity index (χ2v) is 7.88. The monoisotopic (exact) mass is 408 g/mol. The summed E-state index contributed by atoms with van der Waals surface area (Å²) in [5.74, 6) is -2.03. The van der Waals surface area contributed by atoms with Gasteiger partial charge in [-0.1, -0.05) is 54.6 Å². The number of nitrogens with zero attached hydrogens (tertiary/aromatic N) is 1. The van der Waals surface area contributed by atoms with Gasteiger partial charge in [-0.3, -0.25) is 9.59 Å². The normalized spacial score (nSPS) is 12.3. The zero-order valence-electron chi connectivity index (χ0n) is 16.8. The first-order chi connectivity index (χ1) is 14.2. The molecule has 0 aliphatic heterocycles. The second kappa shape index (κ2) is 8.82. The molecule has 1 aromatic heterocycles. The fourth-order valence-electron chi connectivity index (χ4n) is 3.26. The molecular weight excluding hydrogens is 384 g/mol. The molecule has 1 amide bonds. The average Bonchev–Trinajstić information content (AvgIpc) is 3.15. The molecule has 7 heteroatoms. The van der Waals surface area contributed by atoms with Crippen molar-refractivity contribution >= 4 is 11.9 Å². The minimum absolute atomic E-state index is 0.134. The number of hydrogen-bond donors (Lipinski definition) is 3. The molecule has 3 N–H and O–H groups in total. The summed E-state index contributed by atoms with van der Waals surface area (Å²) >= 11 is 0. The maximum absolute atomic E-state index is 12.5. The molecule has 0 fully saturated rings. The van der Waals surface area contributed by atoms with Gasteiger partial charge in [0, 0.05) is 6.04 Å². The van der Waals surface area contributed by atoms with Crippen molar-refractivity contribution in [2.75, 3.05) is 0 Å². The first-order valence-electron chi connectivity index (χ1n) is 9.59. The van der Waals surface area contributed by atoms with Crippen molar-refractivity contribution < 1.29 is 24.3 Å². The van der Waals surface area contributed by atoms with Crippen molar-refractivity contribution in [3.8, 4) is 17.0 Å². The number of hydrogen-bond acceptors (Lipinski definition) is 5. The Bertz CT molecular complexity index is 1010. The van der Waals surface area contributed by atoms with E-state index in [9.17, 15) is 19.8 Å². The fraction of sp³-hybridized carbons (Fsp3) is 0.261. The Morgan fingerprint density at radius 2 is 1.70 bits per heavy atom. The van der Waals surface area contributed by atoms with E-state index in [0.29, 0.717) is 6.42 Å². The van der Waals surface area contributed by atoms with Gasteiger partial charge in [-0.05, 0) is 48.5 Å². The molecule has 3 rings (SSSR count). The van der Waals surface area contributed by atoms with E-state index in [0.717, 1.165) is 22.8 Å². The van der Waals surface area contributed by atoms with Crippen molar-refractivity contribution in [2.45, 2.75) is 32.7 Å². The second-order valence-electron chi connectivity index (χ2n) is 7.88. The van der Waals surface area contributed by atoms with Crippen LogP contribution in [0, 0.1) is 5.41 Å². The maximum Gasteiger partial charge on any atom is 0.309 e. The van der Waals surface area contributed by atoms with Gasteiger partial charge >= 0.3 is 5.97 Å². The van der Waals surface area contributed by atoms with E-state index in [-0.39, 0.29) is 18.1 Å². The number of aliphatic carboxylic acids is 1. The van der Waals surface area contributed by atoms with E-state index >= 15 is 0 Å². The standard InChI is InChI=1S/C23H24N2O5/c1-23(2,22(28)29)14-18(24-21(27)19-13-20(26)25-30-19)12-15-8-10-17(11-9-15)16-6-4-3-5-7-16/h3-11,13,18H,12,14H2,1-2H3,(H,24,27)(H,25,26)(H,28,29). The van der Waals surface area contributed by atoms with Crippen LogP contribution in [0.3, 0.4) is 0 Å². The highest BCUT2D eigenvalue weighted by molar-refractivity contribution is 5.91. The van der Waals surface area contributed by atoms with Gasteiger partial charge < -0.3 is 20.1 Å². The predicted octanol–water partition coefficient (Wildman–Crippen LogP) is 3.89. The molecule has 0 bridgehead atoms. The highest BCUT2D eigenvalue weighted by Gasteiger charge is 2.32. The summed E-state index contributed by atoms with van der Waals surface area (Å²) in [6.45, 7) is 3.24. The van der Waals surface area contributed by atoms with Gasteiger partial charge in [-0.15, -0.1) is 0 Å². The molecule has 7 nitrogen and oxygen atoms in total. The third-order valence-electron chi connectivity index (χ3n) is 4.94. The Morgan fingerprint density at radius 3 is 2.27 bits per heavy atom. The average molecular weight is 408 g/mol. The number of rotatable bonds is 8. The first-order valence-corrected chi connectivity index (χ1v) is 9.59. The lowest BCUT2D eigenvalue weighted by Gasteiger charge is -2.26. The summed E-state index contributed by atoms with van der Waals surface area (Å²) in [4.78, 5) is 24.0. The maximum atomic E-state index is 12.5. The number of carbonyl (C=O) groups excluding carboxylic acids is 1. The molecule has 30 heavy (non-hydrogen) atoms. The van der Waals surface area contributed by atoms with Gasteiger partial charge in [-0.2, -0.15) is 0 Å². The molecule has 0 saturated heterocycles. The van der Waals surface area contributed by atoms with E-state index < -0.39 is 23.3 Å². The summed E-state index contributed by atoms with van der Waals surface area (Å²) in [5, 5.41) is 24.9. The number of carboxylic acid groups (broad SMARTS) is 1. The van der Waals surface area contributed by atoms with Crippen LogP contribution in [0.5, 0.6) is 5.88 Å². The van der Waals surface area contributed by atoms with Crippen molar-refractivity contribution in [2.24, 2.45) is 5.41 Å². The van der Waals surface area contributed by atoms with Gasteiger partial charge in [0.2, 0.25) is 5.76 Å². The molecule has 1 atom stereocenters. The quantitative estimate of drug-likeness (QED) is 0.521. The van der Waals surface area contributed by atoms with Crippen molar-refractivity contribution in [3.05, 3.63) is 72.0 Å². The lowest BCUT2D eigenvalue weighted by Crippen LogP contribution is -2.41. The third kappa shape index (κ3) is 5.26. The van der Waals surface area contributed by atoms with Gasteiger partial charge in [0.15, 0.2) is 0 Å². The Labute approximate surface area is 174 Å². The van der Waals surface area contributed by atoms with E-state index in [2.05, 4.69) is 10.5 Å². The Kier molecular flexibility index (Phi) is 6.20. The molecule has 1 unspecified atom stereocenters. The highest BCUT2D eigenvalue weighted by atomic mass is 16.5. The number of benzene rings is 2. The molecule has 2 aromatic carbocycles. The molecule has 0 spiro atoms. The number of amides is 1. The highest BCUT2D eigenvalue weighted by Crippen LogP contribution is 2.26. The fourth-order valence-corrected chi connectivity index (χ4v) is 3.26. The summed E-state index contributed by atoms with van der Waals surface area (Å²) < 4.78 is 4.79. The van der Waals surface area contributed by atoms with Crippen LogP contribution in [-0.4, -0.2) is 33.3 Å². The minimum Gasteiger partial charge on any atom is -0.491 e. The van der Waals surface area contributed by atoms with Crippen LogP contribution in [-0.2, 0) is 11.2 Å². The number of carboxylic acids is 1. The number of carbonyl (C=O) groups is 2.